The highest BCUT2D eigenvalue weighted by molar-refractivity contribution is 6.30. The summed E-state index contributed by atoms with van der Waals surface area (Å²) >= 11 is 5.68. The van der Waals surface area contributed by atoms with Crippen LogP contribution in [0.15, 0.2) is 30.5 Å². The Morgan fingerprint density at radius 1 is 1.43 bits per heavy atom. The number of carbonyl (C=O) groups is 1. The minimum Gasteiger partial charge on any atom is -0.478 e. The van der Waals surface area contributed by atoms with Crippen molar-refractivity contribution in [3.05, 3.63) is 56.7 Å². The maximum Gasteiger partial charge on any atom is 0.335 e. The van der Waals surface area contributed by atoms with E-state index in [1.807, 2.05) is 0 Å². The second-order valence-electron chi connectivity index (χ2n) is 4.24. The van der Waals surface area contributed by atoms with Crippen LogP contribution in [0, 0.1) is 17.0 Å². The summed E-state index contributed by atoms with van der Waals surface area (Å²) in [6, 6.07) is 5.69. The van der Waals surface area contributed by atoms with Crippen LogP contribution in [-0.2, 0) is 0 Å². The van der Waals surface area contributed by atoms with Crippen molar-refractivity contribution in [1.82, 2.24) is 4.98 Å². The fourth-order valence-electron chi connectivity index (χ4n) is 1.78. The van der Waals surface area contributed by atoms with Crippen LogP contribution < -0.4 is 5.32 Å². The number of hydrogen-bond acceptors (Lipinski definition) is 5. The third-order valence-electron chi connectivity index (χ3n) is 2.75. The molecule has 1 aromatic heterocycles. The number of pyridine rings is 1. The number of nitro groups is 1. The molecule has 0 fully saturated rings. The molecular formula is C13H10ClN3O4. The Hall–Kier alpha value is -2.67. The third kappa shape index (κ3) is 3.26. The highest BCUT2D eigenvalue weighted by Crippen LogP contribution is 2.28. The number of aromatic nitrogens is 1. The van der Waals surface area contributed by atoms with Crippen molar-refractivity contribution in [2.75, 3.05) is 5.32 Å². The van der Waals surface area contributed by atoms with Crippen molar-refractivity contribution in [1.29, 1.82) is 0 Å². The van der Waals surface area contributed by atoms with Gasteiger partial charge in [-0.2, -0.15) is 0 Å². The number of halogens is 1. The lowest BCUT2D eigenvalue weighted by Gasteiger charge is -2.08. The van der Waals surface area contributed by atoms with E-state index in [0.717, 1.165) is 0 Å². The Morgan fingerprint density at radius 2 is 2.14 bits per heavy atom. The molecule has 2 aromatic rings. The summed E-state index contributed by atoms with van der Waals surface area (Å²) in [4.78, 5) is 25.2. The average Bonchev–Trinajstić information content (AvgIpc) is 2.40. The average molecular weight is 308 g/mol. The van der Waals surface area contributed by atoms with Gasteiger partial charge in [-0.1, -0.05) is 11.6 Å². The van der Waals surface area contributed by atoms with E-state index in [4.69, 9.17) is 16.7 Å². The van der Waals surface area contributed by atoms with Crippen LogP contribution in [0.3, 0.4) is 0 Å². The van der Waals surface area contributed by atoms with E-state index in [1.165, 1.54) is 24.4 Å². The first-order chi connectivity index (χ1) is 9.88. The predicted octanol–water partition coefficient (Wildman–Crippen LogP) is 3.39. The Morgan fingerprint density at radius 3 is 2.71 bits per heavy atom. The summed E-state index contributed by atoms with van der Waals surface area (Å²) in [5.74, 6) is -0.999. The molecule has 1 heterocycles. The molecule has 7 nitrogen and oxygen atoms in total. The maximum atomic E-state index is 11.0. The molecule has 108 valence electrons. The van der Waals surface area contributed by atoms with Crippen LogP contribution in [0.4, 0.5) is 17.2 Å². The zero-order chi connectivity index (χ0) is 15.6. The molecule has 1 aromatic carbocycles. The number of nitrogens with one attached hydrogen (secondary N) is 1. The molecule has 0 aliphatic carbocycles. The van der Waals surface area contributed by atoms with Gasteiger partial charge in [0.25, 0.3) is 0 Å². The van der Waals surface area contributed by atoms with Gasteiger partial charge in [0, 0.05) is 18.0 Å². The van der Waals surface area contributed by atoms with Crippen LogP contribution in [0.25, 0.3) is 0 Å². The zero-order valence-electron chi connectivity index (χ0n) is 10.8. The molecule has 2 rings (SSSR count). The fourth-order valence-corrected chi connectivity index (χ4v) is 1.93. The van der Waals surface area contributed by atoms with Gasteiger partial charge in [0.2, 0.25) is 5.82 Å². The first kappa shape index (κ1) is 14.7. The van der Waals surface area contributed by atoms with Crippen LogP contribution in [0.5, 0.6) is 0 Å². The fraction of sp³-hybridized carbons (Fsp3) is 0.0769. The van der Waals surface area contributed by atoms with Crippen molar-refractivity contribution in [2.45, 2.75) is 6.92 Å². The SMILES string of the molecule is Cc1cc(Nc2ncc(Cl)cc2[N+](=O)[O-])ccc1C(=O)O. The van der Waals surface area contributed by atoms with Gasteiger partial charge in [0.1, 0.15) is 0 Å². The normalized spacial score (nSPS) is 10.2. The number of nitrogens with zero attached hydrogens (tertiary/aromatic N) is 2. The number of carboxylic acid groups (broad SMARTS) is 1. The molecule has 0 spiro atoms. The van der Waals surface area contributed by atoms with Gasteiger partial charge in [-0.05, 0) is 30.7 Å². The Labute approximate surface area is 124 Å². The number of anilines is 2. The summed E-state index contributed by atoms with van der Waals surface area (Å²) in [6.07, 6.45) is 1.29. The second kappa shape index (κ2) is 5.76. The molecule has 2 N–H and O–H groups in total. The number of carboxylic acids is 1. The topological polar surface area (TPSA) is 105 Å². The Bertz CT molecular complexity index is 733. The number of rotatable bonds is 4. The molecule has 0 atom stereocenters. The molecule has 21 heavy (non-hydrogen) atoms. The van der Waals surface area contributed by atoms with E-state index in [2.05, 4.69) is 10.3 Å². The number of hydrogen-bond donors (Lipinski definition) is 2. The molecule has 0 bridgehead atoms. The molecule has 0 aliphatic heterocycles. The summed E-state index contributed by atoms with van der Waals surface area (Å²) < 4.78 is 0. The highest BCUT2D eigenvalue weighted by Gasteiger charge is 2.16. The largest absolute Gasteiger partial charge is 0.478 e. The smallest absolute Gasteiger partial charge is 0.335 e. The van der Waals surface area contributed by atoms with Crippen molar-refractivity contribution in [3.63, 3.8) is 0 Å². The molecule has 0 radical (unpaired) electrons. The van der Waals surface area contributed by atoms with Gasteiger partial charge < -0.3 is 10.4 Å². The minimum atomic E-state index is -1.03. The Kier molecular flexibility index (Phi) is 4.04. The van der Waals surface area contributed by atoms with Gasteiger partial charge >= 0.3 is 11.7 Å². The summed E-state index contributed by atoms with van der Waals surface area (Å²) in [5, 5.41) is 22.9. The maximum absolute atomic E-state index is 11.0. The Balaban J connectivity index is 2.37. The highest BCUT2D eigenvalue weighted by atomic mass is 35.5. The first-order valence-corrected chi connectivity index (χ1v) is 6.17. The van der Waals surface area contributed by atoms with E-state index in [-0.39, 0.29) is 22.1 Å². The van der Waals surface area contributed by atoms with E-state index < -0.39 is 10.9 Å². The molecule has 0 saturated heterocycles. The summed E-state index contributed by atoms with van der Waals surface area (Å²) in [5.41, 5.74) is 0.932. The predicted molar refractivity (Wildman–Crippen MR) is 77.3 cm³/mol. The van der Waals surface area contributed by atoms with Crippen LogP contribution >= 0.6 is 11.6 Å². The van der Waals surface area contributed by atoms with Gasteiger partial charge in [-0.3, -0.25) is 10.1 Å². The number of aromatic carboxylic acids is 1. The van der Waals surface area contributed by atoms with Crippen molar-refractivity contribution in [2.24, 2.45) is 0 Å². The lowest BCUT2D eigenvalue weighted by molar-refractivity contribution is -0.384. The van der Waals surface area contributed by atoms with E-state index in [9.17, 15) is 14.9 Å². The monoisotopic (exact) mass is 307 g/mol. The van der Waals surface area contributed by atoms with Crippen LogP contribution in [0.1, 0.15) is 15.9 Å². The van der Waals surface area contributed by atoms with Crippen LogP contribution in [0.2, 0.25) is 5.02 Å². The molecule has 8 heteroatoms. The van der Waals surface area contributed by atoms with Crippen LogP contribution in [-0.4, -0.2) is 21.0 Å². The van der Waals surface area contributed by atoms with Gasteiger partial charge in [-0.25, -0.2) is 9.78 Å². The number of benzene rings is 1. The summed E-state index contributed by atoms with van der Waals surface area (Å²) in [6.45, 7) is 1.64. The van der Waals surface area contributed by atoms with Gasteiger partial charge in [-0.15, -0.1) is 0 Å². The molecule has 0 amide bonds. The quantitative estimate of drug-likeness (QED) is 0.662. The van der Waals surface area contributed by atoms with Gasteiger partial charge in [0.15, 0.2) is 0 Å². The lowest BCUT2D eigenvalue weighted by atomic mass is 10.1. The van der Waals surface area contributed by atoms with Crippen molar-refractivity contribution < 1.29 is 14.8 Å². The lowest BCUT2D eigenvalue weighted by Crippen LogP contribution is -2.02. The standard InChI is InChI=1S/C13H10ClN3O4/c1-7-4-9(2-3-10(7)13(18)19)16-12-11(17(20)21)5-8(14)6-15-12/h2-6H,1H3,(H,15,16)(H,18,19). The van der Waals surface area contributed by atoms with E-state index >= 15 is 0 Å². The zero-order valence-corrected chi connectivity index (χ0v) is 11.6. The third-order valence-corrected chi connectivity index (χ3v) is 2.96. The first-order valence-electron chi connectivity index (χ1n) is 5.79. The molecule has 0 unspecified atom stereocenters. The minimum absolute atomic E-state index is 0.0341. The van der Waals surface area contributed by atoms with Crippen molar-refractivity contribution in [3.8, 4) is 0 Å². The number of aryl methyl sites for hydroxylation is 1. The molecule has 0 aliphatic rings. The molecular weight excluding hydrogens is 298 g/mol. The summed E-state index contributed by atoms with van der Waals surface area (Å²) in [7, 11) is 0. The molecule has 0 saturated carbocycles. The second-order valence-corrected chi connectivity index (χ2v) is 4.67. The van der Waals surface area contributed by atoms with E-state index in [1.54, 1.807) is 13.0 Å². The van der Waals surface area contributed by atoms with Gasteiger partial charge in [0.05, 0.1) is 15.5 Å². The van der Waals surface area contributed by atoms with Crippen molar-refractivity contribution >= 4 is 34.8 Å². The van der Waals surface area contributed by atoms with E-state index in [0.29, 0.717) is 11.3 Å².